The van der Waals surface area contributed by atoms with Gasteiger partial charge in [0.05, 0.1) is 0 Å². The van der Waals surface area contributed by atoms with Gasteiger partial charge in [-0.05, 0) is 31.4 Å². The summed E-state index contributed by atoms with van der Waals surface area (Å²) in [4.78, 5) is 0. The zero-order valence-electron chi connectivity index (χ0n) is 13.5. The van der Waals surface area contributed by atoms with Crippen LogP contribution in [0.3, 0.4) is 0 Å². The molecule has 1 rings (SSSR count). The van der Waals surface area contributed by atoms with Gasteiger partial charge in [0.25, 0.3) is 0 Å². The molecule has 120 valence electrons. The summed E-state index contributed by atoms with van der Waals surface area (Å²) in [6, 6.07) is 4.50. The van der Waals surface area contributed by atoms with Crippen LogP contribution in [0.25, 0.3) is 0 Å². The van der Waals surface area contributed by atoms with Crippen LogP contribution in [0.15, 0.2) is 24.5 Å². The van der Waals surface area contributed by atoms with Gasteiger partial charge in [-0.3, -0.25) is 0 Å². The van der Waals surface area contributed by atoms with Gasteiger partial charge in [0.1, 0.15) is 0 Å². The van der Waals surface area contributed by atoms with Crippen molar-refractivity contribution in [3.63, 3.8) is 0 Å². The number of hydrogen-bond acceptors (Lipinski definition) is 2. The minimum Gasteiger partial charge on any atom is -0.330 e. The Morgan fingerprint density at radius 1 is 0.810 bits per heavy atom. The van der Waals surface area contributed by atoms with Crippen LogP contribution in [0.2, 0.25) is 0 Å². The van der Waals surface area contributed by atoms with Crippen molar-refractivity contribution in [3.05, 3.63) is 30.1 Å². The third-order valence-corrected chi connectivity index (χ3v) is 4.19. The summed E-state index contributed by atoms with van der Waals surface area (Å²) in [5.41, 5.74) is 6.96. The first kappa shape index (κ1) is 18.5. The molecule has 0 amide bonds. The monoisotopic (exact) mass is 309 g/mol. The molecule has 0 unspecified atom stereocenters. The van der Waals surface area contributed by atoms with Gasteiger partial charge in [-0.25, -0.2) is 4.57 Å². The third-order valence-electron chi connectivity index (χ3n) is 3.99. The van der Waals surface area contributed by atoms with Gasteiger partial charge >= 0.3 is 0 Å². The second-order valence-corrected chi connectivity index (χ2v) is 6.34. The maximum atomic E-state index is 5.49. The molecular weight excluding hydrogens is 276 g/mol. The molecule has 0 saturated heterocycles. The van der Waals surface area contributed by atoms with E-state index in [-0.39, 0.29) is 0 Å². The Labute approximate surface area is 136 Å². The summed E-state index contributed by atoms with van der Waals surface area (Å²) in [5.74, 6) is 0.899. The first-order valence-electron chi connectivity index (χ1n) is 8.65. The molecule has 0 radical (unpaired) electrons. The smallest absolute Gasteiger partial charge is 0.169 e. The summed E-state index contributed by atoms with van der Waals surface area (Å²) in [6.07, 6.45) is 17.7. The molecule has 0 aliphatic heterocycles. The third kappa shape index (κ3) is 9.92. The molecule has 21 heavy (non-hydrogen) atoms. The van der Waals surface area contributed by atoms with E-state index in [0.717, 1.165) is 18.8 Å². The predicted octanol–water partition coefficient (Wildman–Crippen LogP) is 3.92. The van der Waals surface area contributed by atoms with E-state index in [4.69, 9.17) is 5.73 Å². The van der Waals surface area contributed by atoms with Crippen molar-refractivity contribution in [1.82, 2.24) is 0 Å². The van der Waals surface area contributed by atoms with Crippen LogP contribution in [0, 0.1) is 0 Å². The van der Waals surface area contributed by atoms with Crippen molar-refractivity contribution in [2.45, 2.75) is 70.8 Å². The normalized spacial score (nSPS) is 11.0. The standard InChI is InChI=1S/C18H32N2S/c19-13-9-7-5-3-1-2-4-6-8-10-18-11-14-20(15-12-18)16-17-21/h11-12,14-15H,1-10,13,16-17,19H2/p+1. The fourth-order valence-electron chi connectivity index (χ4n) is 2.63. The Bertz CT molecular complexity index is 338. The molecule has 1 aromatic rings. The molecule has 1 heterocycles. The summed E-state index contributed by atoms with van der Waals surface area (Å²) in [6.45, 7) is 1.85. The minimum atomic E-state index is 0.855. The Kier molecular flexibility index (Phi) is 11.6. The maximum Gasteiger partial charge on any atom is 0.169 e. The van der Waals surface area contributed by atoms with E-state index in [1.54, 1.807) is 0 Å². The largest absolute Gasteiger partial charge is 0.330 e. The van der Waals surface area contributed by atoms with Crippen LogP contribution in [0.1, 0.15) is 63.4 Å². The molecule has 0 fully saturated rings. The van der Waals surface area contributed by atoms with Crippen LogP contribution in [0.4, 0.5) is 0 Å². The van der Waals surface area contributed by atoms with E-state index in [1.807, 2.05) is 0 Å². The van der Waals surface area contributed by atoms with Crippen LogP contribution in [-0.4, -0.2) is 12.3 Å². The highest BCUT2D eigenvalue weighted by atomic mass is 32.1. The number of nitrogens with two attached hydrogens (primary N) is 1. The second kappa shape index (κ2) is 13.1. The van der Waals surface area contributed by atoms with Gasteiger partial charge in [-0.15, -0.1) is 0 Å². The Morgan fingerprint density at radius 3 is 1.86 bits per heavy atom. The van der Waals surface area contributed by atoms with E-state index in [1.165, 1.54) is 69.8 Å². The van der Waals surface area contributed by atoms with Gasteiger partial charge in [0.2, 0.25) is 0 Å². The maximum absolute atomic E-state index is 5.49. The number of unbranched alkanes of at least 4 members (excludes halogenated alkanes) is 8. The molecule has 3 heteroatoms. The van der Waals surface area contributed by atoms with Gasteiger partial charge in [0, 0.05) is 17.9 Å². The predicted molar refractivity (Wildman–Crippen MR) is 94.8 cm³/mol. The number of aryl methyl sites for hydroxylation is 2. The van der Waals surface area contributed by atoms with E-state index >= 15 is 0 Å². The first-order chi connectivity index (χ1) is 10.4. The fraction of sp³-hybridized carbons (Fsp3) is 0.722. The average molecular weight is 310 g/mol. The van der Waals surface area contributed by atoms with Gasteiger partial charge in [-0.1, -0.05) is 44.9 Å². The molecule has 0 saturated carbocycles. The van der Waals surface area contributed by atoms with Crippen molar-refractivity contribution >= 4 is 12.6 Å². The van der Waals surface area contributed by atoms with Crippen LogP contribution in [0.5, 0.6) is 0 Å². The Morgan fingerprint density at radius 2 is 1.33 bits per heavy atom. The number of nitrogens with zero attached hydrogens (tertiary/aromatic N) is 1. The lowest BCUT2D eigenvalue weighted by atomic mass is 10.0. The molecule has 0 atom stereocenters. The van der Waals surface area contributed by atoms with Crippen LogP contribution >= 0.6 is 12.6 Å². The minimum absolute atomic E-state index is 0.855. The lowest BCUT2D eigenvalue weighted by Gasteiger charge is -2.03. The highest BCUT2D eigenvalue weighted by Gasteiger charge is 1.99. The van der Waals surface area contributed by atoms with E-state index in [0.29, 0.717) is 0 Å². The molecular formula is C18H33N2S+. The molecule has 0 spiro atoms. The van der Waals surface area contributed by atoms with Crippen molar-refractivity contribution < 1.29 is 4.57 Å². The fourth-order valence-corrected chi connectivity index (χ4v) is 2.86. The molecule has 2 nitrogen and oxygen atoms in total. The van der Waals surface area contributed by atoms with Gasteiger partial charge < -0.3 is 5.73 Å². The van der Waals surface area contributed by atoms with E-state index < -0.39 is 0 Å². The number of aromatic nitrogens is 1. The molecule has 0 aromatic carbocycles. The molecule has 0 aliphatic carbocycles. The van der Waals surface area contributed by atoms with Crippen LogP contribution < -0.4 is 10.3 Å². The number of thiol groups is 1. The second-order valence-electron chi connectivity index (χ2n) is 5.89. The summed E-state index contributed by atoms with van der Waals surface area (Å²) >= 11 is 4.25. The van der Waals surface area contributed by atoms with Crippen molar-refractivity contribution in [1.29, 1.82) is 0 Å². The summed E-state index contributed by atoms with van der Waals surface area (Å²) in [5, 5.41) is 0. The van der Waals surface area contributed by atoms with Crippen LogP contribution in [-0.2, 0) is 13.0 Å². The lowest BCUT2D eigenvalue weighted by Crippen LogP contribution is -2.33. The van der Waals surface area contributed by atoms with Gasteiger partial charge in [-0.2, -0.15) is 12.6 Å². The zero-order chi connectivity index (χ0) is 15.2. The quantitative estimate of drug-likeness (QED) is 0.323. The summed E-state index contributed by atoms with van der Waals surface area (Å²) < 4.78 is 2.20. The molecule has 0 aliphatic rings. The Hall–Kier alpha value is -0.540. The lowest BCUT2D eigenvalue weighted by molar-refractivity contribution is -0.692. The average Bonchev–Trinajstić information content (AvgIpc) is 2.51. The number of rotatable bonds is 13. The summed E-state index contributed by atoms with van der Waals surface area (Å²) in [7, 11) is 0. The molecule has 2 N–H and O–H groups in total. The highest BCUT2D eigenvalue weighted by Crippen LogP contribution is 2.11. The van der Waals surface area contributed by atoms with Crippen molar-refractivity contribution in [3.8, 4) is 0 Å². The Balaban J connectivity index is 1.94. The van der Waals surface area contributed by atoms with Gasteiger partial charge in [0.15, 0.2) is 18.9 Å². The zero-order valence-corrected chi connectivity index (χ0v) is 14.4. The van der Waals surface area contributed by atoms with Crippen molar-refractivity contribution in [2.24, 2.45) is 5.73 Å². The van der Waals surface area contributed by atoms with E-state index in [9.17, 15) is 0 Å². The SMILES string of the molecule is NCCCCCCCCCCCc1cc[n+](CCS)cc1. The highest BCUT2D eigenvalue weighted by molar-refractivity contribution is 7.80. The first-order valence-corrected chi connectivity index (χ1v) is 9.29. The van der Waals surface area contributed by atoms with E-state index in [2.05, 4.69) is 41.7 Å². The number of hydrogen-bond donors (Lipinski definition) is 2. The van der Waals surface area contributed by atoms with Crippen molar-refractivity contribution in [2.75, 3.05) is 12.3 Å². The topological polar surface area (TPSA) is 29.9 Å². The number of pyridine rings is 1. The molecule has 1 aromatic heterocycles. The molecule has 0 bridgehead atoms.